The summed E-state index contributed by atoms with van der Waals surface area (Å²) in [5.74, 6) is 0.162. The number of halogens is 3. The van der Waals surface area contributed by atoms with Crippen molar-refractivity contribution in [1.82, 2.24) is 4.98 Å². The van der Waals surface area contributed by atoms with E-state index in [2.05, 4.69) is 4.98 Å². The highest BCUT2D eigenvalue weighted by Gasteiger charge is 2.32. The van der Waals surface area contributed by atoms with Crippen LogP contribution < -0.4 is 10.6 Å². The number of alkyl halides is 3. The molecule has 1 aromatic heterocycles. The van der Waals surface area contributed by atoms with Crippen LogP contribution in [0.4, 0.5) is 24.7 Å². The van der Waals surface area contributed by atoms with Crippen molar-refractivity contribution in [2.45, 2.75) is 19.0 Å². The van der Waals surface area contributed by atoms with Gasteiger partial charge in [0.25, 0.3) is 0 Å². The maximum Gasteiger partial charge on any atom is 0.417 e. The fourth-order valence-electron chi connectivity index (χ4n) is 1.83. The van der Waals surface area contributed by atoms with Crippen molar-refractivity contribution in [3.63, 3.8) is 0 Å². The third kappa shape index (κ3) is 2.05. The van der Waals surface area contributed by atoms with Crippen LogP contribution in [-0.4, -0.2) is 18.1 Å². The van der Waals surface area contributed by atoms with E-state index in [-0.39, 0.29) is 5.82 Å². The number of pyridine rings is 1. The van der Waals surface area contributed by atoms with Crippen LogP contribution in [0.1, 0.15) is 18.4 Å². The van der Waals surface area contributed by atoms with Gasteiger partial charge in [-0.1, -0.05) is 0 Å². The van der Waals surface area contributed by atoms with E-state index in [1.807, 2.05) is 4.90 Å². The molecule has 0 aliphatic carbocycles. The summed E-state index contributed by atoms with van der Waals surface area (Å²) in [6.45, 7) is 1.49. The molecule has 1 aromatic rings. The lowest BCUT2D eigenvalue weighted by Gasteiger charge is -2.20. The van der Waals surface area contributed by atoms with Gasteiger partial charge in [0.2, 0.25) is 0 Å². The zero-order valence-electron chi connectivity index (χ0n) is 8.59. The first kappa shape index (κ1) is 11.0. The summed E-state index contributed by atoms with van der Waals surface area (Å²) in [4.78, 5) is 5.45. The number of rotatable bonds is 1. The standard InChI is InChI=1S/C10H12F3N3/c11-10(12,13)7-5-8(9(14)15-6-7)16-3-1-2-4-16/h5-6H,1-4H2,(H2,14,15). The van der Waals surface area contributed by atoms with Crippen LogP contribution in [0.25, 0.3) is 0 Å². The summed E-state index contributed by atoms with van der Waals surface area (Å²) in [5, 5.41) is 0. The Morgan fingerprint density at radius 3 is 2.44 bits per heavy atom. The van der Waals surface area contributed by atoms with Crippen LogP contribution in [0.3, 0.4) is 0 Å². The molecular weight excluding hydrogens is 219 g/mol. The Labute approximate surface area is 91.1 Å². The van der Waals surface area contributed by atoms with Crippen LogP contribution in [0, 0.1) is 0 Å². The predicted molar refractivity (Wildman–Crippen MR) is 55.1 cm³/mol. The van der Waals surface area contributed by atoms with Crippen LogP contribution in [0.15, 0.2) is 12.3 Å². The molecule has 2 N–H and O–H groups in total. The van der Waals surface area contributed by atoms with Crippen molar-refractivity contribution in [3.8, 4) is 0 Å². The van der Waals surface area contributed by atoms with Gasteiger partial charge in [-0.2, -0.15) is 13.2 Å². The molecule has 1 saturated heterocycles. The molecule has 3 nitrogen and oxygen atoms in total. The highest BCUT2D eigenvalue weighted by Crippen LogP contribution is 2.34. The van der Waals surface area contributed by atoms with Crippen molar-refractivity contribution in [2.24, 2.45) is 0 Å². The number of nitrogens with zero attached hydrogens (tertiary/aromatic N) is 2. The monoisotopic (exact) mass is 231 g/mol. The summed E-state index contributed by atoms with van der Waals surface area (Å²) in [5.41, 5.74) is 5.24. The summed E-state index contributed by atoms with van der Waals surface area (Å²) in [6.07, 6.45) is -1.63. The predicted octanol–water partition coefficient (Wildman–Crippen LogP) is 2.28. The molecule has 0 aromatic carbocycles. The first-order chi connectivity index (χ1) is 7.48. The van der Waals surface area contributed by atoms with E-state index in [1.54, 1.807) is 0 Å². The molecule has 88 valence electrons. The van der Waals surface area contributed by atoms with Gasteiger partial charge in [0, 0.05) is 19.3 Å². The average Bonchev–Trinajstić information content (AvgIpc) is 2.69. The quantitative estimate of drug-likeness (QED) is 0.806. The average molecular weight is 231 g/mol. The minimum atomic E-state index is -4.37. The van der Waals surface area contributed by atoms with E-state index in [4.69, 9.17) is 5.73 Å². The van der Waals surface area contributed by atoms with Crippen molar-refractivity contribution in [1.29, 1.82) is 0 Å². The fourth-order valence-corrected chi connectivity index (χ4v) is 1.83. The normalized spacial score (nSPS) is 16.8. The lowest BCUT2D eigenvalue weighted by Crippen LogP contribution is -2.20. The number of aromatic nitrogens is 1. The zero-order chi connectivity index (χ0) is 11.8. The Morgan fingerprint density at radius 1 is 1.25 bits per heavy atom. The SMILES string of the molecule is Nc1ncc(C(F)(F)F)cc1N1CCCC1. The van der Waals surface area contributed by atoms with Crippen LogP contribution >= 0.6 is 0 Å². The van der Waals surface area contributed by atoms with Gasteiger partial charge < -0.3 is 10.6 Å². The molecular formula is C10H12F3N3. The molecule has 0 radical (unpaired) electrons. The maximum atomic E-state index is 12.5. The second-order valence-corrected chi connectivity index (χ2v) is 3.82. The number of hydrogen-bond donors (Lipinski definition) is 1. The Hall–Kier alpha value is -1.46. The van der Waals surface area contributed by atoms with E-state index in [1.165, 1.54) is 0 Å². The maximum absolute atomic E-state index is 12.5. The van der Waals surface area contributed by atoms with Gasteiger partial charge in [-0.05, 0) is 18.9 Å². The Kier molecular flexibility index (Phi) is 2.65. The highest BCUT2D eigenvalue weighted by atomic mass is 19.4. The van der Waals surface area contributed by atoms with Gasteiger partial charge in [0.05, 0.1) is 11.3 Å². The van der Waals surface area contributed by atoms with Crippen molar-refractivity contribution < 1.29 is 13.2 Å². The molecule has 2 rings (SSSR count). The van der Waals surface area contributed by atoms with E-state index >= 15 is 0 Å². The largest absolute Gasteiger partial charge is 0.417 e. The molecule has 0 amide bonds. The molecule has 1 fully saturated rings. The number of anilines is 2. The first-order valence-corrected chi connectivity index (χ1v) is 5.06. The van der Waals surface area contributed by atoms with Crippen molar-refractivity contribution >= 4 is 11.5 Å². The van der Waals surface area contributed by atoms with Crippen molar-refractivity contribution in [2.75, 3.05) is 23.7 Å². The fraction of sp³-hybridized carbons (Fsp3) is 0.500. The molecule has 16 heavy (non-hydrogen) atoms. The summed E-state index contributed by atoms with van der Waals surface area (Å²) < 4.78 is 37.5. The smallest absolute Gasteiger partial charge is 0.382 e. The summed E-state index contributed by atoms with van der Waals surface area (Å²) in [7, 11) is 0. The van der Waals surface area contributed by atoms with E-state index in [0.717, 1.165) is 38.2 Å². The minimum absolute atomic E-state index is 0.162. The van der Waals surface area contributed by atoms with Gasteiger partial charge in [0.1, 0.15) is 5.82 Å². The second-order valence-electron chi connectivity index (χ2n) is 3.82. The molecule has 2 heterocycles. The van der Waals surface area contributed by atoms with Crippen LogP contribution in [0.5, 0.6) is 0 Å². The molecule has 1 aliphatic heterocycles. The minimum Gasteiger partial charge on any atom is -0.382 e. The third-order valence-electron chi connectivity index (χ3n) is 2.67. The molecule has 6 heteroatoms. The highest BCUT2D eigenvalue weighted by molar-refractivity contribution is 5.64. The van der Waals surface area contributed by atoms with Gasteiger partial charge >= 0.3 is 6.18 Å². The van der Waals surface area contributed by atoms with Crippen molar-refractivity contribution in [3.05, 3.63) is 17.8 Å². The Bertz CT molecular complexity index is 383. The second kappa shape index (κ2) is 3.84. The molecule has 0 bridgehead atoms. The topological polar surface area (TPSA) is 42.1 Å². The van der Waals surface area contributed by atoms with Crippen LogP contribution in [0.2, 0.25) is 0 Å². The summed E-state index contributed by atoms with van der Waals surface area (Å²) >= 11 is 0. The lowest BCUT2D eigenvalue weighted by molar-refractivity contribution is -0.137. The summed E-state index contributed by atoms with van der Waals surface area (Å²) in [6, 6.07) is 1.08. The molecule has 0 unspecified atom stereocenters. The molecule has 0 atom stereocenters. The van der Waals surface area contributed by atoms with Crippen LogP contribution in [-0.2, 0) is 6.18 Å². The lowest BCUT2D eigenvalue weighted by atomic mass is 10.2. The molecule has 0 spiro atoms. The van der Waals surface area contributed by atoms with E-state index in [9.17, 15) is 13.2 Å². The third-order valence-corrected chi connectivity index (χ3v) is 2.67. The first-order valence-electron chi connectivity index (χ1n) is 5.06. The zero-order valence-corrected chi connectivity index (χ0v) is 8.59. The number of nitrogens with two attached hydrogens (primary N) is 1. The van der Waals surface area contributed by atoms with E-state index < -0.39 is 11.7 Å². The molecule has 1 aliphatic rings. The van der Waals surface area contributed by atoms with Gasteiger partial charge in [-0.15, -0.1) is 0 Å². The van der Waals surface area contributed by atoms with Gasteiger partial charge in [0.15, 0.2) is 0 Å². The Balaban J connectivity index is 2.36. The number of nitrogen functional groups attached to an aromatic ring is 1. The Morgan fingerprint density at radius 2 is 1.88 bits per heavy atom. The molecule has 0 saturated carbocycles. The van der Waals surface area contributed by atoms with E-state index in [0.29, 0.717) is 5.69 Å². The number of hydrogen-bond acceptors (Lipinski definition) is 3. The van der Waals surface area contributed by atoms with Gasteiger partial charge in [-0.25, -0.2) is 4.98 Å². The van der Waals surface area contributed by atoms with Gasteiger partial charge in [-0.3, -0.25) is 0 Å².